The number of hydrogen-bond donors (Lipinski definition) is 0. The van der Waals surface area contributed by atoms with E-state index in [4.69, 9.17) is 16.3 Å². The van der Waals surface area contributed by atoms with E-state index in [9.17, 15) is 26.7 Å². The second kappa shape index (κ2) is 7.66. The fraction of sp³-hybridized carbons (Fsp3) is 0.368. The third kappa shape index (κ3) is 4.43. The lowest BCUT2D eigenvalue weighted by Gasteiger charge is -2.19. The van der Waals surface area contributed by atoms with Crippen molar-refractivity contribution in [1.82, 2.24) is 4.98 Å². The maximum Gasteiger partial charge on any atom is 0.453 e. The third-order valence-corrected chi connectivity index (χ3v) is 4.56. The van der Waals surface area contributed by atoms with Gasteiger partial charge in [-0.3, -0.25) is 4.79 Å². The van der Waals surface area contributed by atoms with Crippen molar-refractivity contribution in [2.24, 2.45) is 0 Å². The Morgan fingerprint density at radius 2 is 1.86 bits per heavy atom. The number of benzene rings is 1. The molecule has 0 unspecified atom stereocenters. The number of fused-ring (bicyclic) bond motifs is 2. The van der Waals surface area contributed by atoms with Crippen LogP contribution < -0.4 is 0 Å². The summed E-state index contributed by atoms with van der Waals surface area (Å²) in [5.74, 6) is -4.62. The number of halogens is 6. The van der Waals surface area contributed by atoms with Crippen LogP contribution in [0.5, 0.6) is 0 Å². The first kappa shape index (κ1) is 20.5. The number of pyridine rings is 1. The average Bonchev–Trinajstić information content (AvgIpc) is 2.59. The minimum atomic E-state index is -5.55. The van der Waals surface area contributed by atoms with Gasteiger partial charge in [0.25, 0.3) is 0 Å². The Labute approximate surface area is 162 Å². The minimum absolute atomic E-state index is 0.00478. The van der Waals surface area contributed by atoms with E-state index in [0.717, 1.165) is 5.39 Å². The van der Waals surface area contributed by atoms with E-state index in [2.05, 4.69) is 4.98 Å². The van der Waals surface area contributed by atoms with Gasteiger partial charge in [-0.15, -0.1) is 0 Å². The summed E-state index contributed by atoms with van der Waals surface area (Å²) in [5, 5.41) is 1.26. The molecule has 0 amide bonds. The number of carbonyl (C=O) groups excluding carboxylic acids is 1. The van der Waals surface area contributed by atoms with Crippen molar-refractivity contribution >= 4 is 34.4 Å². The molecule has 0 saturated carbocycles. The Morgan fingerprint density at radius 1 is 1.11 bits per heavy atom. The summed E-state index contributed by atoms with van der Waals surface area (Å²) < 4.78 is 67.4. The van der Waals surface area contributed by atoms with Gasteiger partial charge in [0.15, 0.2) is 5.78 Å². The van der Waals surface area contributed by atoms with Gasteiger partial charge in [0, 0.05) is 28.5 Å². The van der Waals surface area contributed by atoms with Crippen LogP contribution in [0.15, 0.2) is 30.0 Å². The van der Waals surface area contributed by atoms with Crippen molar-refractivity contribution in [3.63, 3.8) is 0 Å². The molecule has 150 valence electrons. The summed E-state index contributed by atoms with van der Waals surface area (Å²) in [6.07, 6.45) is -5.65. The van der Waals surface area contributed by atoms with E-state index in [-0.39, 0.29) is 31.7 Å². The molecule has 1 aliphatic rings. The quantitative estimate of drug-likeness (QED) is 0.413. The normalized spacial score (nSPS) is 14.8. The van der Waals surface area contributed by atoms with Crippen LogP contribution in [0.1, 0.15) is 41.7 Å². The highest BCUT2D eigenvalue weighted by molar-refractivity contribution is 6.31. The van der Waals surface area contributed by atoms with Gasteiger partial charge < -0.3 is 4.74 Å². The molecule has 1 aliphatic carbocycles. The Hall–Kier alpha value is -2.22. The standard InChI is InChI=1S/C19H15ClF5NO2/c20-12-4-3-11-7-14-16(26-15(11)8-12)9-13(10-17(14)27)28-6-2-1-5-18(21,22)19(23,24)25/h3-4,7-9H,1-2,5-6,10H2. The van der Waals surface area contributed by atoms with Gasteiger partial charge in [-0.25, -0.2) is 4.98 Å². The fourth-order valence-electron chi connectivity index (χ4n) is 2.83. The van der Waals surface area contributed by atoms with Crippen molar-refractivity contribution in [2.45, 2.75) is 37.8 Å². The number of ketones is 1. The number of carbonyl (C=O) groups is 1. The molecule has 3 nitrogen and oxygen atoms in total. The lowest BCUT2D eigenvalue weighted by Crippen LogP contribution is -2.36. The van der Waals surface area contributed by atoms with Crippen molar-refractivity contribution in [3.8, 4) is 0 Å². The molecule has 1 heterocycles. The first-order valence-electron chi connectivity index (χ1n) is 8.48. The van der Waals surface area contributed by atoms with Gasteiger partial charge in [-0.2, -0.15) is 22.0 Å². The Morgan fingerprint density at radius 3 is 2.57 bits per heavy atom. The van der Waals surface area contributed by atoms with E-state index < -0.39 is 18.5 Å². The van der Waals surface area contributed by atoms with Crippen LogP contribution in [0.3, 0.4) is 0 Å². The molecule has 0 spiro atoms. The number of Topliss-reactive ketones (excluding diaryl/α,β-unsaturated/α-hetero) is 1. The summed E-state index contributed by atoms with van der Waals surface area (Å²) in [4.78, 5) is 16.7. The molecule has 28 heavy (non-hydrogen) atoms. The van der Waals surface area contributed by atoms with Gasteiger partial charge in [-0.1, -0.05) is 17.7 Å². The minimum Gasteiger partial charge on any atom is -0.497 e. The van der Waals surface area contributed by atoms with E-state index in [1.807, 2.05) is 0 Å². The molecule has 2 aromatic rings. The number of aromatic nitrogens is 1. The molecule has 0 fully saturated rings. The van der Waals surface area contributed by atoms with Crippen LogP contribution in [0, 0.1) is 0 Å². The zero-order valence-corrected chi connectivity index (χ0v) is 15.2. The molecule has 0 saturated heterocycles. The highest BCUT2D eigenvalue weighted by Gasteiger charge is 2.56. The molecule has 0 aliphatic heterocycles. The monoisotopic (exact) mass is 419 g/mol. The van der Waals surface area contributed by atoms with E-state index in [0.29, 0.717) is 27.6 Å². The number of nitrogens with zero attached hydrogens (tertiary/aromatic N) is 1. The number of hydrogen-bond acceptors (Lipinski definition) is 3. The molecular formula is C19H15ClF5NO2. The predicted molar refractivity (Wildman–Crippen MR) is 94.5 cm³/mol. The maximum absolute atomic E-state index is 12.8. The number of allylic oxidation sites excluding steroid dienone is 1. The Balaban J connectivity index is 1.63. The number of ether oxygens (including phenoxy) is 1. The summed E-state index contributed by atoms with van der Waals surface area (Å²) in [7, 11) is 0. The Bertz CT molecular complexity index is 940. The lowest BCUT2D eigenvalue weighted by atomic mass is 9.97. The fourth-order valence-corrected chi connectivity index (χ4v) is 3.00. The first-order valence-corrected chi connectivity index (χ1v) is 8.86. The Kier molecular flexibility index (Phi) is 5.61. The van der Waals surface area contributed by atoms with Crippen molar-refractivity contribution in [3.05, 3.63) is 46.3 Å². The van der Waals surface area contributed by atoms with Gasteiger partial charge >= 0.3 is 12.1 Å². The second-order valence-corrected chi connectivity index (χ2v) is 6.91. The molecule has 1 aromatic carbocycles. The molecule has 3 rings (SSSR count). The smallest absolute Gasteiger partial charge is 0.453 e. The second-order valence-electron chi connectivity index (χ2n) is 6.48. The van der Waals surface area contributed by atoms with E-state index in [1.54, 1.807) is 30.3 Å². The molecule has 0 radical (unpaired) electrons. The van der Waals surface area contributed by atoms with Crippen LogP contribution in [0.2, 0.25) is 5.02 Å². The molecule has 0 N–H and O–H groups in total. The van der Waals surface area contributed by atoms with Crippen molar-refractivity contribution in [2.75, 3.05) is 6.61 Å². The first-order chi connectivity index (χ1) is 13.1. The number of unbranched alkanes of at least 4 members (excludes halogenated alkanes) is 1. The highest BCUT2D eigenvalue weighted by Crippen LogP contribution is 2.39. The zero-order valence-electron chi connectivity index (χ0n) is 14.5. The summed E-state index contributed by atoms with van der Waals surface area (Å²) in [6, 6.07) is 6.82. The van der Waals surface area contributed by atoms with E-state index >= 15 is 0 Å². The summed E-state index contributed by atoms with van der Waals surface area (Å²) in [5.41, 5.74) is 1.45. The molecular weight excluding hydrogens is 405 g/mol. The highest BCUT2D eigenvalue weighted by atomic mass is 35.5. The van der Waals surface area contributed by atoms with Crippen molar-refractivity contribution in [1.29, 1.82) is 0 Å². The molecule has 9 heteroatoms. The van der Waals surface area contributed by atoms with Crippen molar-refractivity contribution < 1.29 is 31.5 Å². The zero-order chi connectivity index (χ0) is 20.5. The van der Waals surface area contributed by atoms with Crippen LogP contribution in [0.25, 0.3) is 17.0 Å². The van der Waals surface area contributed by atoms with Gasteiger partial charge in [0.1, 0.15) is 5.76 Å². The van der Waals surface area contributed by atoms with Gasteiger partial charge in [0.2, 0.25) is 0 Å². The number of alkyl halides is 5. The lowest BCUT2D eigenvalue weighted by molar-refractivity contribution is -0.284. The molecule has 0 bridgehead atoms. The SMILES string of the molecule is O=C1CC(OCCCCC(F)(F)C(F)(F)F)=Cc2nc3cc(Cl)ccc3cc21. The summed E-state index contributed by atoms with van der Waals surface area (Å²) >= 11 is 5.95. The average molecular weight is 420 g/mol. The molecule has 0 atom stereocenters. The van der Waals surface area contributed by atoms with Crippen LogP contribution >= 0.6 is 11.6 Å². The van der Waals surface area contributed by atoms with Gasteiger partial charge in [-0.05, 0) is 31.0 Å². The molecule has 1 aromatic heterocycles. The van der Waals surface area contributed by atoms with Crippen LogP contribution in [0.4, 0.5) is 22.0 Å². The van der Waals surface area contributed by atoms with Crippen LogP contribution in [-0.4, -0.2) is 29.5 Å². The number of rotatable bonds is 6. The maximum atomic E-state index is 12.8. The summed E-state index contributed by atoms with van der Waals surface area (Å²) in [6.45, 7) is -0.0677. The predicted octanol–water partition coefficient (Wildman–Crippen LogP) is 6.20. The van der Waals surface area contributed by atoms with Gasteiger partial charge in [0.05, 0.1) is 24.2 Å². The van der Waals surface area contributed by atoms with E-state index in [1.165, 1.54) is 0 Å². The topological polar surface area (TPSA) is 39.2 Å². The van der Waals surface area contributed by atoms with Crippen LogP contribution in [-0.2, 0) is 4.74 Å². The largest absolute Gasteiger partial charge is 0.497 e. The third-order valence-electron chi connectivity index (χ3n) is 4.33.